The molecule has 118 valence electrons. The highest BCUT2D eigenvalue weighted by molar-refractivity contribution is 5.43. The van der Waals surface area contributed by atoms with Crippen molar-refractivity contribution in [1.29, 1.82) is 0 Å². The predicted octanol–water partition coefficient (Wildman–Crippen LogP) is 5.02. The minimum Gasteiger partial charge on any atom is -0.325 e. The second-order valence-electron chi connectivity index (χ2n) is 9.64. The molecule has 0 amide bonds. The van der Waals surface area contributed by atoms with Crippen molar-refractivity contribution < 1.29 is 0 Å². The minimum atomic E-state index is -0.140. The van der Waals surface area contributed by atoms with E-state index in [9.17, 15) is 0 Å². The molecule has 0 aromatic heterocycles. The molecule has 0 bridgehead atoms. The van der Waals surface area contributed by atoms with Crippen LogP contribution in [0, 0.1) is 11.3 Å². The first kappa shape index (κ1) is 16.5. The maximum atomic E-state index is 6.53. The lowest BCUT2D eigenvalue weighted by molar-refractivity contribution is 0.185. The van der Waals surface area contributed by atoms with Crippen molar-refractivity contribution in [3.05, 3.63) is 34.9 Å². The van der Waals surface area contributed by atoms with Crippen molar-refractivity contribution in [2.45, 2.75) is 78.7 Å². The van der Waals surface area contributed by atoms with Gasteiger partial charge in [-0.25, -0.2) is 0 Å². The van der Waals surface area contributed by atoms with Crippen LogP contribution < -0.4 is 5.73 Å². The molecule has 2 N–H and O–H groups in total. The van der Waals surface area contributed by atoms with Crippen LogP contribution in [0.1, 0.15) is 78.0 Å². The van der Waals surface area contributed by atoms with Crippen LogP contribution in [0.4, 0.5) is 0 Å². The topological polar surface area (TPSA) is 26.0 Å². The van der Waals surface area contributed by atoms with Gasteiger partial charge < -0.3 is 5.73 Å². The Morgan fingerprint density at radius 2 is 1.52 bits per heavy atom. The van der Waals surface area contributed by atoms with Gasteiger partial charge in [0.1, 0.15) is 0 Å². The minimum absolute atomic E-state index is 0.140. The third kappa shape index (κ3) is 3.18. The van der Waals surface area contributed by atoms with Gasteiger partial charge in [-0.1, -0.05) is 59.7 Å². The second-order valence-corrected chi connectivity index (χ2v) is 9.64. The first-order valence-electron chi connectivity index (χ1n) is 8.24. The van der Waals surface area contributed by atoms with Gasteiger partial charge in [0, 0.05) is 5.54 Å². The zero-order valence-corrected chi connectivity index (χ0v) is 15.2. The molecule has 1 aliphatic carbocycles. The van der Waals surface area contributed by atoms with Crippen LogP contribution in [0.2, 0.25) is 0 Å². The highest BCUT2D eigenvalue weighted by atomic mass is 14.7. The van der Waals surface area contributed by atoms with E-state index >= 15 is 0 Å². The predicted molar refractivity (Wildman–Crippen MR) is 92.8 cm³/mol. The molecule has 2 unspecified atom stereocenters. The molecule has 0 aliphatic heterocycles. The van der Waals surface area contributed by atoms with Gasteiger partial charge in [-0.05, 0) is 59.6 Å². The monoisotopic (exact) mass is 287 g/mol. The van der Waals surface area contributed by atoms with Crippen LogP contribution in [0.15, 0.2) is 18.2 Å². The molecule has 1 nitrogen and oxygen atoms in total. The molecule has 0 fully saturated rings. The summed E-state index contributed by atoms with van der Waals surface area (Å²) in [5, 5.41) is 0. The molecule has 1 aliphatic rings. The Labute approximate surface area is 131 Å². The first-order valence-corrected chi connectivity index (χ1v) is 8.24. The van der Waals surface area contributed by atoms with Crippen molar-refractivity contribution in [2.75, 3.05) is 0 Å². The number of fused-ring (bicyclic) bond motifs is 1. The lowest BCUT2D eigenvalue weighted by Crippen LogP contribution is -2.45. The fraction of sp³-hybridized carbons (Fsp3) is 0.700. The molecule has 2 atom stereocenters. The van der Waals surface area contributed by atoms with Crippen molar-refractivity contribution in [1.82, 2.24) is 0 Å². The lowest BCUT2D eigenvalue weighted by Gasteiger charge is -2.39. The molecule has 0 radical (unpaired) electrons. The highest BCUT2D eigenvalue weighted by Crippen LogP contribution is 2.51. The van der Waals surface area contributed by atoms with Gasteiger partial charge in [0.25, 0.3) is 0 Å². The van der Waals surface area contributed by atoms with Crippen molar-refractivity contribution in [3.8, 4) is 0 Å². The van der Waals surface area contributed by atoms with Crippen molar-refractivity contribution in [3.63, 3.8) is 0 Å². The van der Waals surface area contributed by atoms with Gasteiger partial charge in [0.05, 0.1) is 0 Å². The Balaban J connectivity index is 2.52. The van der Waals surface area contributed by atoms with Gasteiger partial charge in [-0.15, -0.1) is 0 Å². The van der Waals surface area contributed by atoms with Crippen LogP contribution in [-0.2, 0) is 11.8 Å². The Morgan fingerprint density at radius 1 is 0.952 bits per heavy atom. The largest absolute Gasteiger partial charge is 0.325 e. The third-order valence-corrected chi connectivity index (χ3v) is 5.07. The Morgan fingerprint density at radius 3 is 1.95 bits per heavy atom. The summed E-state index contributed by atoms with van der Waals surface area (Å²) in [7, 11) is 0. The summed E-state index contributed by atoms with van der Waals surface area (Å²) in [4.78, 5) is 0. The molecular weight excluding hydrogens is 254 g/mol. The van der Waals surface area contributed by atoms with Crippen molar-refractivity contribution >= 4 is 0 Å². The number of hydrogen-bond acceptors (Lipinski definition) is 1. The van der Waals surface area contributed by atoms with E-state index in [2.05, 4.69) is 73.6 Å². The van der Waals surface area contributed by atoms with Gasteiger partial charge in [0.15, 0.2) is 0 Å². The van der Waals surface area contributed by atoms with Crippen molar-refractivity contribution in [2.24, 2.45) is 17.1 Å². The van der Waals surface area contributed by atoms with Gasteiger partial charge in [-0.2, -0.15) is 0 Å². The fourth-order valence-electron chi connectivity index (χ4n) is 3.89. The third-order valence-electron chi connectivity index (χ3n) is 5.07. The summed E-state index contributed by atoms with van der Waals surface area (Å²) in [6.07, 6.45) is 1.12. The normalized spacial score (nSPS) is 23.3. The second kappa shape index (κ2) is 4.84. The summed E-state index contributed by atoms with van der Waals surface area (Å²) >= 11 is 0. The molecule has 1 aromatic carbocycles. The highest BCUT2D eigenvalue weighted by Gasteiger charge is 2.45. The molecule has 0 saturated carbocycles. The van der Waals surface area contributed by atoms with Crippen LogP contribution in [0.3, 0.4) is 0 Å². The average Bonchev–Trinajstić information content (AvgIpc) is 2.64. The molecule has 1 heteroatoms. The maximum absolute atomic E-state index is 6.53. The summed E-state index contributed by atoms with van der Waals surface area (Å²) < 4.78 is 0. The SMILES string of the molecule is CC(C)(C)c1ccc2c(c1)CC(C(C)(C)N)C2C(C)(C)C. The van der Waals surface area contributed by atoms with Crippen LogP contribution >= 0.6 is 0 Å². The molecule has 0 saturated heterocycles. The number of hydrogen-bond donors (Lipinski definition) is 1. The summed E-state index contributed by atoms with van der Waals surface area (Å²) in [6, 6.07) is 7.13. The molecule has 1 aromatic rings. The Bertz CT molecular complexity index is 520. The zero-order chi connectivity index (χ0) is 16.2. The van der Waals surface area contributed by atoms with E-state index in [4.69, 9.17) is 5.73 Å². The molecule has 2 rings (SSSR count). The van der Waals surface area contributed by atoms with E-state index in [1.54, 1.807) is 0 Å². The molecule has 0 spiro atoms. The van der Waals surface area contributed by atoms with E-state index in [0.29, 0.717) is 11.8 Å². The number of benzene rings is 1. The molecule has 0 heterocycles. The fourth-order valence-corrected chi connectivity index (χ4v) is 3.89. The zero-order valence-electron chi connectivity index (χ0n) is 15.2. The van der Waals surface area contributed by atoms with Gasteiger partial charge >= 0.3 is 0 Å². The van der Waals surface area contributed by atoms with E-state index in [-0.39, 0.29) is 16.4 Å². The van der Waals surface area contributed by atoms with E-state index in [0.717, 1.165) is 6.42 Å². The van der Waals surface area contributed by atoms with Crippen LogP contribution in [-0.4, -0.2) is 5.54 Å². The van der Waals surface area contributed by atoms with E-state index < -0.39 is 0 Å². The Hall–Kier alpha value is -0.820. The van der Waals surface area contributed by atoms with Crippen LogP contribution in [0.25, 0.3) is 0 Å². The summed E-state index contributed by atoms with van der Waals surface area (Å²) in [5.74, 6) is 1.06. The van der Waals surface area contributed by atoms with E-state index in [1.165, 1.54) is 16.7 Å². The van der Waals surface area contributed by atoms with Crippen LogP contribution in [0.5, 0.6) is 0 Å². The average molecular weight is 287 g/mol. The smallest absolute Gasteiger partial charge is 0.0135 e. The van der Waals surface area contributed by atoms with Gasteiger partial charge in [-0.3, -0.25) is 0 Å². The standard InChI is InChI=1S/C20H33N/c1-18(2,3)14-9-10-15-13(11-14)12-16(20(7,8)21)17(15)19(4,5)6/h9-11,16-17H,12,21H2,1-8H3. The molecular formula is C20H33N. The summed E-state index contributed by atoms with van der Waals surface area (Å²) in [6.45, 7) is 18.3. The quantitative estimate of drug-likeness (QED) is 0.771. The van der Waals surface area contributed by atoms with E-state index in [1.807, 2.05) is 0 Å². The summed E-state index contributed by atoms with van der Waals surface area (Å²) in [5.41, 5.74) is 11.3. The molecule has 21 heavy (non-hydrogen) atoms. The number of nitrogens with two attached hydrogens (primary N) is 1. The Kier molecular flexibility index (Phi) is 3.82. The number of rotatable bonds is 1. The lowest BCUT2D eigenvalue weighted by atomic mass is 9.67. The first-order chi connectivity index (χ1) is 9.32. The van der Waals surface area contributed by atoms with Gasteiger partial charge in [0.2, 0.25) is 0 Å². The maximum Gasteiger partial charge on any atom is 0.0135 e.